The molecule has 1 aromatic carbocycles. The minimum atomic E-state index is -2.66. The highest BCUT2D eigenvalue weighted by Gasteiger charge is 2.45. The van der Waals surface area contributed by atoms with E-state index in [4.69, 9.17) is 9.47 Å². The number of hydrogen-bond donors (Lipinski definition) is 1. The third-order valence-electron chi connectivity index (χ3n) is 5.53. The molecule has 0 unspecified atom stereocenters. The fraction of sp³-hybridized carbons (Fsp3) is 0.550. The van der Waals surface area contributed by atoms with Crippen LogP contribution in [0.25, 0.3) is 11.3 Å². The van der Waals surface area contributed by atoms with E-state index in [0.717, 1.165) is 35.7 Å². The zero-order valence-corrected chi connectivity index (χ0v) is 16.0. The summed E-state index contributed by atoms with van der Waals surface area (Å²) in [5.74, 6) is -1.93. The summed E-state index contributed by atoms with van der Waals surface area (Å²) in [6, 6.07) is 7.46. The van der Waals surface area contributed by atoms with Crippen molar-refractivity contribution in [3.05, 3.63) is 36.0 Å². The quantitative estimate of drug-likeness (QED) is 0.819. The van der Waals surface area contributed by atoms with Crippen molar-refractivity contribution >= 4 is 0 Å². The van der Waals surface area contributed by atoms with Gasteiger partial charge in [0.1, 0.15) is 5.75 Å². The van der Waals surface area contributed by atoms with Crippen molar-refractivity contribution in [1.82, 2.24) is 20.0 Å². The van der Waals surface area contributed by atoms with Crippen molar-refractivity contribution in [1.29, 1.82) is 0 Å². The van der Waals surface area contributed by atoms with Crippen LogP contribution in [-0.4, -0.2) is 78.5 Å². The lowest BCUT2D eigenvalue weighted by molar-refractivity contribution is 0.0107. The van der Waals surface area contributed by atoms with Crippen molar-refractivity contribution in [3.63, 3.8) is 0 Å². The molecule has 0 saturated carbocycles. The van der Waals surface area contributed by atoms with Crippen LogP contribution in [0, 0.1) is 0 Å². The number of aromatic nitrogens is 2. The third kappa shape index (κ3) is 4.19. The number of morpholine rings is 1. The Hall–Kier alpha value is -2.03. The maximum Gasteiger partial charge on any atom is 0.262 e. The molecule has 6 nitrogen and oxygen atoms in total. The Bertz CT molecular complexity index is 792. The molecule has 3 heterocycles. The van der Waals surface area contributed by atoms with Gasteiger partial charge in [0, 0.05) is 49.8 Å². The van der Waals surface area contributed by atoms with Crippen molar-refractivity contribution in [2.24, 2.45) is 0 Å². The van der Waals surface area contributed by atoms with Crippen LogP contribution >= 0.6 is 0 Å². The standard InChI is InChI=1S/C20H26F2N4O2/c1-27-18-5-3-2-4-17(18)19-15(11-23-24-19)12-26-14-20(21,22)10-16(26)13-25-6-8-28-9-7-25/h2-5,11,16H,6-10,12-14H2,1H3,(H,23,24)/t16-/m0/s1. The largest absolute Gasteiger partial charge is 0.496 e. The molecule has 0 bridgehead atoms. The van der Waals surface area contributed by atoms with E-state index in [1.54, 1.807) is 13.3 Å². The Morgan fingerprint density at radius 3 is 2.86 bits per heavy atom. The fourth-order valence-corrected chi connectivity index (χ4v) is 4.15. The Kier molecular flexibility index (Phi) is 5.61. The fourth-order valence-electron chi connectivity index (χ4n) is 4.15. The van der Waals surface area contributed by atoms with Gasteiger partial charge in [-0.15, -0.1) is 0 Å². The lowest BCUT2D eigenvalue weighted by atomic mass is 10.1. The molecular formula is C20H26F2N4O2. The lowest BCUT2D eigenvalue weighted by Gasteiger charge is -2.32. The molecule has 2 saturated heterocycles. The van der Waals surface area contributed by atoms with Gasteiger partial charge in [-0.25, -0.2) is 8.78 Å². The average molecular weight is 392 g/mol. The molecule has 152 valence electrons. The van der Waals surface area contributed by atoms with Crippen LogP contribution in [0.4, 0.5) is 8.78 Å². The van der Waals surface area contributed by atoms with E-state index in [2.05, 4.69) is 15.1 Å². The number of nitrogens with zero attached hydrogens (tertiary/aromatic N) is 3. The van der Waals surface area contributed by atoms with E-state index in [1.165, 1.54) is 0 Å². The molecule has 2 aromatic rings. The molecule has 1 N–H and O–H groups in total. The summed E-state index contributed by atoms with van der Waals surface area (Å²) in [5, 5.41) is 7.19. The van der Waals surface area contributed by atoms with Gasteiger partial charge in [0.25, 0.3) is 5.92 Å². The predicted molar refractivity (Wildman–Crippen MR) is 102 cm³/mol. The van der Waals surface area contributed by atoms with Crippen LogP contribution in [0.3, 0.4) is 0 Å². The first-order chi connectivity index (χ1) is 13.6. The first kappa shape index (κ1) is 19.3. The van der Waals surface area contributed by atoms with E-state index in [-0.39, 0.29) is 19.0 Å². The normalized spacial score (nSPS) is 23.2. The molecule has 2 fully saturated rings. The molecule has 0 spiro atoms. The van der Waals surface area contributed by atoms with Gasteiger partial charge < -0.3 is 9.47 Å². The van der Waals surface area contributed by atoms with E-state index < -0.39 is 5.92 Å². The first-order valence-corrected chi connectivity index (χ1v) is 9.63. The molecule has 4 rings (SSSR count). The number of ether oxygens (including phenoxy) is 2. The highest BCUT2D eigenvalue weighted by molar-refractivity contribution is 5.69. The minimum absolute atomic E-state index is 0.105. The van der Waals surface area contributed by atoms with E-state index in [1.807, 2.05) is 29.2 Å². The van der Waals surface area contributed by atoms with Crippen LogP contribution < -0.4 is 4.74 Å². The molecule has 1 atom stereocenters. The zero-order chi connectivity index (χ0) is 19.6. The Morgan fingerprint density at radius 1 is 1.29 bits per heavy atom. The van der Waals surface area contributed by atoms with Crippen molar-refractivity contribution in [2.45, 2.75) is 24.9 Å². The number of methoxy groups -OCH3 is 1. The number of rotatable bonds is 6. The molecule has 0 radical (unpaired) electrons. The number of hydrogen-bond acceptors (Lipinski definition) is 5. The number of alkyl halides is 2. The predicted octanol–water partition coefficient (Wildman–Crippen LogP) is 2.63. The van der Waals surface area contributed by atoms with E-state index in [9.17, 15) is 8.78 Å². The second-order valence-electron chi connectivity index (χ2n) is 7.50. The lowest BCUT2D eigenvalue weighted by Crippen LogP contribution is -2.44. The number of para-hydroxylation sites is 1. The summed E-state index contributed by atoms with van der Waals surface area (Å²) in [4.78, 5) is 4.11. The molecule has 8 heteroatoms. The van der Waals surface area contributed by atoms with Gasteiger partial charge in [0.05, 0.1) is 38.8 Å². The summed E-state index contributed by atoms with van der Waals surface area (Å²) in [7, 11) is 1.62. The van der Waals surface area contributed by atoms with Crippen LogP contribution in [0.5, 0.6) is 5.75 Å². The van der Waals surface area contributed by atoms with Gasteiger partial charge in [0.2, 0.25) is 0 Å². The summed E-state index contributed by atoms with van der Waals surface area (Å²) in [6.07, 6.45) is 1.62. The molecule has 2 aliphatic rings. The summed E-state index contributed by atoms with van der Waals surface area (Å²) < 4.78 is 39.3. The van der Waals surface area contributed by atoms with Gasteiger partial charge >= 0.3 is 0 Å². The topological polar surface area (TPSA) is 53.6 Å². The number of likely N-dealkylation sites (tertiary alicyclic amines) is 1. The maximum atomic E-state index is 14.2. The number of H-pyrrole nitrogens is 1. The average Bonchev–Trinajstić information content (AvgIpc) is 3.26. The summed E-state index contributed by atoms with van der Waals surface area (Å²) >= 11 is 0. The number of benzene rings is 1. The van der Waals surface area contributed by atoms with Gasteiger partial charge in [-0.1, -0.05) is 12.1 Å². The van der Waals surface area contributed by atoms with Crippen molar-refractivity contribution in [3.8, 4) is 17.0 Å². The van der Waals surface area contributed by atoms with Crippen molar-refractivity contribution < 1.29 is 18.3 Å². The van der Waals surface area contributed by atoms with Gasteiger partial charge in [-0.05, 0) is 12.1 Å². The molecular weight excluding hydrogens is 366 g/mol. The SMILES string of the molecule is COc1ccccc1-c1[nH]ncc1CN1CC(F)(F)C[C@H]1CN1CCOCC1. The van der Waals surface area contributed by atoms with E-state index in [0.29, 0.717) is 26.3 Å². The van der Waals surface area contributed by atoms with Crippen LogP contribution in [-0.2, 0) is 11.3 Å². The van der Waals surface area contributed by atoms with Gasteiger partial charge in [-0.2, -0.15) is 5.10 Å². The van der Waals surface area contributed by atoms with E-state index >= 15 is 0 Å². The highest BCUT2D eigenvalue weighted by Crippen LogP contribution is 2.36. The maximum absolute atomic E-state index is 14.2. The summed E-state index contributed by atoms with van der Waals surface area (Å²) in [5.41, 5.74) is 2.60. The number of aromatic amines is 1. The highest BCUT2D eigenvalue weighted by atomic mass is 19.3. The van der Waals surface area contributed by atoms with Crippen LogP contribution in [0.2, 0.25) is 0 Å². The Balaban J connectivity index is 1.53. The van der Waals surface area contributed by atoms with Gasteiger partial charge in [0.15, 0.2) is 0 Å². The zero-order valence-electron chi connectivity index (χ0n) is 16.0. The van der Waals surface area contributed by atoms with Crippen molar-refractivity contribution in [2.75, 3.05) is 46.5 Å². The third-order valence-corrected chi connectivity index (χ3v) is 5.53. The molecule has 0 aliphatic carbocycles. The molecule has 1 aromatic heterocycles. The monoisotopic (exact) mass is 392 g/mol. The number of nitrogens with one attached hydrogen (secondary N) is 1. The Labute approximate surface area is 163 Å². The smallest absolute Gasteiger partial charge is 0.262 e. The second kappa shape index (κ2) is 8.14. The number of halogens is 2. The Morgan fingerprint density at radius 2 is 2.07 bits per heavy atom. The first-order valence-electron chi connectivity index (χ1n) is 9.63. The second-order valence-corrected chi connectivity index (χ2v) is 7.50. The minimum Gasteiger partial charge on any atom is -0.496 e. The van der Waals surface area contributed by atoms with Crippen LogP contribution in [0.15, 0.2) is 30.5 Å². The van der Waals surface area contributed by atoms with Gasteiger partial charge in [-0.3, -0.25) is 14.9 Å². The molecule has 28 heavy (non-hydrogen) atoms. The van der Waals surface area contributed by atoms with Crippen LogP contribution in [0.1, 0.15) is 12.0 Å². The molecule has 0 amide bonds. The molecule has 2 aliphatic heterocycles. The summed E-state index contributed by atoms with van der Waals surface area (Å²) in [6.45, 7) is 3.78.